The molecule has 8 heavy (non-hydrogen) atoms. The largest absolute Gasteiger partial charge is 0.396 e. The second-order valence-electron chi connectivity index (χ2n) is 1.62. The van der Waals surface area contributed by atoms with Gasteiger partial charge in [-0.1, -0.05) is 0 Å². The highest BCUT2D eigenvalue weighted by atomic mass is 16.6. The normalized spacial score (nSPS) is 17.9. The summed E-state index contributed by atoms with van der Waals surface area (Å²) in [6.45, 7) is 0.803. The molecular weight excluding hydrogens is 106 g/mol. The van der Waals surface area contributed by atoms with Crippen LogP contribution in [0.15, 0.2) is 11.8 Å². The number of aliphatic hydroxyl groups excluding tert-OH is 1. The number of nitrogens with one attached hydrogen (secondary N) is 1. The van der Waals surface area contributed by atoms with Gasteiger partial charge in [0, 0.05) is 18.7 Å². The molecule has 0 saturated carbocycles. The second-order valence-corrected chi connectivity index (χ2v) is 1.62. The van der Waals surface area contributed by atoms with Crippen molar-refractivity contribution in [1.29, 1.82) is 0 Å². The lowest BCUT2D eigenvalue weighted by molar-refractivity contribution is 0.105. The SMILES string of the molecule is OCCC1=CCON1. The summed E-state index contributed by atoms with van der Waals surface area (Å²) in [6.07, 6.45) is 2.58. The molecule has 0 amide bonds. The highest BCUT2D eigenvalue weighted by molar-refractivity contribution is 5.00. The smallest absolute Gasteiger partial charge is 0.0947 e. The Morgan fingerprint density at radius 1 is 1.88 bits per heavy atom. The Morgan fingerprint density at radius 2 is 2.75 bits per heavy atom. The van der Waals surface area contributed by atoms with Gasteiger partial charge in [0.05, 0.1) is 6.61 Å². The van der Waals surface area contributed by atoms with E-state index in [2.05, 4.69) is 5.48 Å². The van der Waals surface area contributed by atoms with Crippen molar-refractivity contribution in [1.82, 2.24) is 5.48 Å². The quantitative estimate of drug-likeness (QED) is 0.523. The van der Waals surface area contributed by atoms with Crippen LogP contribution in [-0.4, -0.2) is 18.3 Å². The summed E-state index contributed by atoms with van der Waals surface area (Å²) in [5.74, 6) is 0. The van der Waals surface area contributed by atoms with E-state index in [9.17, 15) is 0 Å². The lowest BCUT2D eigenvalue weighted by atomic mass is 10.3. The number of hydroxylamine groups is 1. The maximum absolute atomic E-state index is 8.39. The number of hydrogen-bond acceptors (Lipinski definition) is 3. The first-order chi connectivity index (χ1) is 3.93. The minimum atomic E-state index is 0.183. The van der Waals surface area contributed by atoms with Crippen LogP contribution in [0.2, 0.25) is 0 Å². The molecule has 2 N–H and O–H groups in total. The minimum absolute atomic E-state index is 0.183. The van der Waals surface area contributed by atoms with Crippen molar-refractivity contribution in [2.24, 2.45) is 0 Å². The van der Waals surface area contributed by atoms with E-state index in [0.29, 0.717) is 13.0 Å². The molecule has 0 aromatic carbocycles. The molecule has 0 saturated heterocycles. The van der Waals surface area contributed by atoms with Gasteiger partial charge in [-0.05, 0) is 6.08 Å². The zero-order chi connectivity index (χ0) is 5.82. The van der Waals surface area contributed by atoms with Crippen molar-refractivity contribution < 1.29 is 9.94 Å². The summed E-state index contributed by atoms with van der Waals surface area (Å²) in [4.78, 5) is 4.76. The van der Waals surface area contributed by atoms with E-state index in [0.717, 1.165) is 5.70 Å². The summed E-state index contributed by atoms with van der Waals surface area (Å²) in [5.41, 5.74) is 3.64. The maximum Gasteiger partial charge on any atom is 0.0947 e. The third-order valence-corrected chi connectivity index (χ3v) is 0.997. The molecule has 0 aromatic heterocycles. The fourth-order valence-corrected chi connectivity index (χ4v) is 0.592. The molecule has 1 heterocycles. The molecule has 0 unspecified atom stereocenters. The van der Waals surface area contributed by atoms with Gasteiger partial charge in [-0.3, -0.25) is 10.3 Å². The highest BCUT2D eigenvalue weighted by Gasteiger charge is 2.00. The lowest BCUT2D eigenvalue weighted by Gasteiger charge is -1.97. The zero-order valence-electron chi connectivity index (χ0n) is 4.55. The van der Waals surface area contributed by atoms with Crippen LogP contribution in [0.4, 0.5) is 0 Å². The molecule has 0 aliphatic carbocycles. The third-order valence-electron chi connectivity index (χ3n) is 0.997. The van der Waals surface area contributed by atoms with E-state index in [1.54, 1.807) is 0 Å². The van der Waals surface area contributed by atoms with Crippen molar-refractivity contribution in [2.45, 2.75) is 6.42 Å². The van der Waals surface area contributed by atoms with Crippen molar-refractivity contribution in [3.8, 4) is 0 Å². The molecule has 46 valence electrons. The average molecular weight is 115 g/mol. The number of aliphatic hydroxyl groups is 1. The van der Waals surface area contributed by atoms with Crippen LogP contribution in [0.25, 0.3) is 0 Å². The third kappa shape index (κ3) is 1.21. The van der Waals surface area contributed by atoms with E-state index >= 15 is 0 Å². The molecule has 3 heteroatoms. The maximum atomic E-state index is 8.39. The second kappa shape index (κ2) is 2.69. The first-order valence-electron chi connectivity index (χ1n) is 2.61. The van der Waals surface area contributed by atoms with Gasteiger partial charge in [-0.15, -0.1) is 0 Å². The standard InChI is InChI=1S/C5H9NO2/c7-3-1-5-2-4-8-6-5/h2,6-7H,1,3-4H2. The first kappa shape index (κ1) is 5.59. The fourth-order valence-electron chi connectivity index (χ4n) is 0.592. The molecule has 1 aliphatic heterocycles. The van der Waals surface area contributed by atoms with Crippen molar-refractivity contribution in [2.75, 3.05) is 13.2 Å². The van der Waals surface area contributed by atoms with Gasteiger partial charge < -0.3 is 5.11 Å². The van der Waals surface area contributed by atoms with Crippen LogP contribution in [0.5, 0.6) is 0 Å². The van der Waals surface area contributed by atoms with Crippen molar-refractivity contribution in [3.05, 3.63) is 11.8 Å². The predicted octanol–water partition coefficient (Wildman–Crippen LogP) is -0.213. The van der Waals surface area contributed by atoms with Gasteiger partial charge in [0.2, 0.25) is 0 Å². The molecule has 1 aliphatic rings. The van der Waals surface area contributed by atoms with Crippen LogP contribution in [0.3, 0.4) is 0 Å². The number of hydrogen-bond donors (Lipinski definition) is 2. The predicted molar refractivity (Wildman–Crippen MR) is 28.9 cm³/mol. The molecule has 0 atom stereocenters. The van der Waals surface area contributed by atoms with Crippen LogP contribution in [0.1, 0.15) is 6.42 Å². The van der Waals surface area contributed by atoms with Crippen LogP contribution < -0.4 is 5.48 Å². The summed E-state index contributed by atoms with van der Waals surface area (Å²) >= 11 is 0. The highest BCUT2D eigenvalue weighted by Crippen LogP contribution is 2.00. The molecule has 0 aromatic rings. The van der Waals surface area contributed by atoms with Crippen LogP contribution in [0, 0.1) is 0 Å². The zero-order valence-corrected chi connectivity index (χ0v) is 4.55. The van der Waals surface area contributed by atoms with Crippen LogP contribution in [-0.2, 0) is 4.84 Å². The minimum Gasteiger partial charge on any atom is -0.396 e. The van der Waals surface area contributed by atoms with Crippen LogP contribution >= 0.6 is 0 Å². The summed E-state index contributed by atoms with van der Waals surface area (Å²) in [5, 5.41) is 8.39. The molecular formula is C5H9NO2. The van der Waals surface area contributed by atoms with E-state index in [4.69, 9.17) is 9.94 Å². The lowest BCUT2D eigenvalue weighted by Crippen LogP contribution is -2.06. The Bertz CT molecular complexity index is 101. The van der Waals surface area contributed by atoms with Gasteiger partial charge in [0.25, 0.3) is 0 Å². The topological polar surface area (TPSA) is 41.5 Å². The van der Waals surface area contributed by atoms with Gasteiger partial charge >= 0.3 is 0 Å². The Morgan fingerprint density at radius 3 is 3.25 bits per heavy atom. The summed E-state index contributed by atoms with van der Waals surface area (Å²) < 4.78 is 0. The molecule has 0 radical (unpaired) electrons. The molecule has 0 spiro atoms. The molecule has 0 fully saturated rings. The molecule has 3 nitrogen and oxygen atoms in total. The van der Waals surface area contributed by atoms with Crippen molar-refractivity contribution >= 4 is 0 Å². The van der Waals surface area contributed by atoms with Crippen molar-refractivity contribution in [3.63, 3.8) is 0 Å². The Hall–Kier alpha value is -0.540. The van der Waals surface area contributed by atoms with E-state index in [1.165, 1.54) is 0 Å². The van der Waals surface area contributed by atoms with E-state index in [-0.39, 0.29) is 6.61 Å². The Kier molecular flexibility index (Phi) is 1.88. The Balaban J connectivity index is 2.23. The Labute approximate surface area is 47.9 Å². The van der Waals surface area contributed by atoms with Gasteiger partial charge in [-0.25, -0.2) is 0 Å². The fraction of sp³-hybridized carbons (Fsp3) is 0.600. The van der Waals surface area contributed by atoms with Gasteiger partial charge in [-0.2, -0.15) is 0 Å². The molecule has 0 bridgehead atoms. The average Bonchev–Trinajstić information content (AvgIpc) is 2.19. The van der Waals surface area contributed by atoms with E-state index < -0.39 is 0 Å². The van der Waals surface area contributed by atoms with Gasteiger partial charge in [0.1, 0.15) is 0 Å². The van der Waals surface area contributed by atoms with E-state index in [1.807, 2.05) is 6.08 Å². The molecule has 1 rings (SSSR count). The first-order valence-corrected chi connectivity index (χ1v) is 2.61. The van der Waals surface area contributed by atoms with Gasteiger partial charge in [0.15, 0.2) is 0 Å². The summed E-state index contributed by atoms with van der Waals surface area (Å²) in [7, 11) is 0. The monoisotopic (exact) mass is 115 g/mol. The number of rotatable bonds is 2. The summed E-state index contributed by atoms with van der Waals surface area (Å²) in [6, 6.07) is 0.